The number of hydrogen-bond acceptors (Lipinski definition) is 5. The zero-order valence-electron chi connectivity index (χ0n) is 11.8. The van der Waals surface area contributed by atoms with Gasteiger partial charge < -0.3 is 16.0 Å². The first-order valence-electron chi connectivity index (χ1n) is 6.78. The Morgan fingerprint density at radius 3 is 2.70 bits per heavy atom. The van der Waals surface area contributed by atoms with E-state index in [0.29, 0.717) is 23.9 Å². The molecule has 1 amide bonds. The molecule has 1 saturated heterocycles. The first-order chi connectivity index (χ1) is 9.58. The summed E-state index contributed by atoms with van der Waals surface area (Å²) < 4.78 is 0. The van der Waals surface area contributed by atoms with Crippen molar-refractivity contribution in [2.45, 2.75) is 26.7 Å². The Hall–Kier alpha value is -1.76. The van der Waals surface area contributed by atoms with Gasteiger partial charge in [0, 0.05) is 13.1 Å². The van der Waals surface area contributed by atoms with Crippen LogP contribution in [0.1, 0.15) is 30.7 Å². The maximum atomic E-state index is 11.5. The Morgan fingerprint density at radius 1 is 1.40 bits per heavy atom. The molecule has 0 saturated carbocycles. The number of amides is 1. The minimum atomic E-state index is -0.0236. The summed E-state index contributed by atoms with van der Waals surface area (Å²) in [5.41, 5.74) is 8.62. The van der Waals surface area contributed by atoms with Gasteiger partial charge in [0.1, 0.15) is 4.99 Å². The van der Waals surface area contributed by atoms with E-state index < -0.39 is 0 Å². The zero-order valence-corrected chi connectivity index (χ0v) is 12.6. The number of rotatable bonds is 4. The number of aromatic nitrogens is 2. The summed E-state index contributed by atoms with van der Waals surface area (Å²) in [6, 6.07) is 0. The third kappa shape index (κ3) is 2.72. The van der Waals surface area contributed by atoms with Crippen molar-refractivity contribution >= 4 is 28.9 Å². The molecule has 2 rings (SSSR count). The Morgan fingerprint density at radius 2 is 2.15 bits per heavy atom. The maximum absolute atomic E-state index is 11.5. The molecule has 0 radical (unpaired) electrons. The second kappa shape index (κ2) is 6.13. The molecule has 1 aliphatic rings. The molecule has 0 spiro atoms. The summed E-state index contributed by atoms with van der Waals surface area (Å²) >= 11 is 5.19. The van der Waals surface area contributed by atoms with E-state index in [-0.39, 0.29) is 12.5 Å². The number of carbonyl (C=O) groups excluding carboxylic acids is 1. The van der Waals surface area contributed by atoms with Crippen molar-refractivity contribution in [2.24, 2.45) is 5.73 Å². The molecule has 108 valence electrons. The van der Waals surface area contributed by atoms with Crippen molar-refractivity contribution in [1.82, 2.24) is 15.5 Å². The van der Waals surface area contributed by atoms with Gasteiger partial charge in [-0.1, -0.05) is 26.1 Å². The fourth-order valence-electron chi connectivity index (χ4n) is 2.46. The van der Waals surface area contributed by atoms with Gasteiger partial charge in [-0.25, -0.2) is 0 Å². The topological polar surface area (TPSA) is 84.1 Å². The predicted octanol–water partition coefficient (Wildman–Crippen LogP) is 0.172. The first-order valence-corrected chi connectivity index (χ1v) is 7.19. The van der Waals surface area contributed by atoms with Crippen LogP contribution in [0.25, 0.3) is 0 Å². The van der Waals surface area contributed by atoms with E-state index in [0.717, 1.165) is 29.7 Å². The molecule has 0 unspecified atom stereocenters. The van der Waals surface area contributed by atoms with Crippen LogP contribution in [-0.4, -0.2) is 40.7 Å². The van der Waals surface area contributed by atoms with Gasteiger partial charge in [-0.2, -0.15) is 5.10 Å². The van der Waals surface area contributed by atoms with Gasteiger partial charge in [0.2, 0.25) is 5.91 Å². The van der Waals surface area contributed by atoms with E-state index in [1.807, 2.05) is 18.7 Å². The smallest absolute Gasteiger partial charge is 0.239 e. The molecule has 3 N–H and O–H groups in total. The highest BCUT2D eigenvalue weighted by molar-refractivity contribution is 7.80. The highest BCUT2D eigenvalue weighted by Gasteiger charge is 2.24. The Balaban J connectivity index is 2.52. The Labute approximate surface area is 123 Å². The average molecular weight is 293 g/mol. The molecule has 1 aromatic heterocycles. The summed E-state index contributed by atoms with van der Waals surface area (Å²) in [6.07, 6.45) is 1.57. The van der Waals surface area contributed by atoms with Crippen LogP contribution in [0.15, 0.2) is 0 Å². The Kier molecular flexibility index (Phi) is 4.49. The standard InChI is InChI=1S/C13H19N5OS/c1-3-8-9(4-2)16-17-13(11(8)12(14)20)18-6-5-15-10(19)7-18/h3-7H2,1-2H3,(H2,14,20)(H,15,19). The van der Waals surface area contributed by atoms with Crippen molar-refractivity contribution in [3.8, 4) is 0 Å². The third-order valence-electron chi connectivity index (χ3n) is 3.41. The molecule has 1 fully saturated rings. The van der Waals surface area contributed by atoms with Crippen molar-refractivity contribution in [3.63, 3.8) is 0 Å². The molecule has 20 heavy (non-hydrogen) atoms. The average Bonchev–Trinajstić information content (AvgIpc) is 2.45. The molecular weight excluding hydrogens is 274 g/mol. The quantitative estimate of drug-likeness (QED) is 0.770. The highest BCUT2D eigenvalue weighted by Crippen LogP contribution is 2.24. The van der Waals surface area contributed by atoms with Crippen LogP contribution in [-0.2, 0) is 17.6 Å². The lowest BCUT2D eigenvalue weighted by Crippen LogP contribution is -2.48. The molecule has 0 atom stereocenters. The molecule has 7 heteroatoms. The third-order valence-corrected chi connectivity index (χ3v) is 3.62. The number of piperazine rings is 1. The lowest BCUT2D eigenvalue weighted by Gasteiger charge is -2.29. The van der Waals surface area contributed by atoms with E-state index in [1.165, 1.54) is 0 Å². The number of anilines is 1. The van der Waals surface area contributed by atoms with Crippen LogP contribution < -0.4 is 16.0 Å². The molecule has 1 aromatic rings. The van der Waals surface area contributed by atoms with Crippen LogP contribution in [0.3, 0.4) is 0 Å². The fraction of sp³-hybridized carbons (Fsp3) is 0.538. The molecule has 0 aromatic carbocycles. The van der Waals surface area contributed by atoms with E-state index >= 15 is 0 Å². The van der Waals surface area contributed by atoms with Crippen molar-refractivity contribution < 1.29 is 4.79 Å². The largest absolute Gasteiger partial charge is 0.389 e. The lowest BCUT2D eigenvalue weighted by molar-refractivity contribution is -0.120. The summed E-state index contributed by atoms with van der Waals surface area (Å²) in [4.78, 5) is 13.7. The second-order valence-electron chi connectivity index (χ2n) is 4.67. The van der Waals surface area contributed by atoms with Gasteiger partial charge in [0.05, 0.1) is 17.8 Å². The number of hydrogen-bond donors (Lipinski definition) is 2. The molecule has 1 aliphatic heterocycles. The summed E-state index contributed by atoms with van der Waals surface area (Å²) in [5.74, 6) is 0.603. The van der Waals surface area contributed by atoms with E-state index in [9.17, 15) is 4.79 Å². The van der Waals surface area contributed by atoms with Gasteiger partial charge in [-0.05, 0) is 18.4 Å². The van der Waals surface area contributed by atoms with Gasteiger partial charge in [-0.3, -0.25) is 4.79 Å². The minimum Gasteiger partial charge on any atom is -0.389 e. The van der Waals surface area contributed by atoms with Crippen molar-refractivity contribution in [2.75, 3.05) is 24.5 Å². The zero-order chi connectivity index (χ0) is 14.7. The van der Waals surface area contributed by atoms with Gasteiger partial charge in [0.25, 0.3) is 0 Å². The van der Waals surface area contributed by atoms with Crippen LogP contribution in [0.2, 0.25) is 0 Å². The normalized spacial score (nSPS) is 15.1. The minimum absolute atomic E-state index is 0.0236. The number of nitrogens with one attached hydrogen (secondary N) is 1. The van der Waals surface area contributed by atoms with Crippen LogP contribution >= 0.6 is 12.2 Å². The van der Waals surface area contributed by atoms with E-state index in [2.05, 4.69) is 15.5 Å². The number of thiocarbonyl (C=S) groups is 1. The fourth-order valence-corrected chi connectivity index (χ4v) is 2.68. The SMILES string of the molecule is CCc1nnc(N2CCNC(=O)C2)c(C(N)=S)c1CC. The van der Waals surface area contributed by atoms with E-state index in [4.69, 9.17) is 18.0 Å². The second-order valence-corrected chi connectivity index (χ2v) is 5.11. The lowest BCUT2D eigenvalue weighted by atomic mass is 10.0. The number of nitrogens with two attached hydrogens (primary N) is 1. The number of aryl methyl sites for hydroxylation is 1. The van der Waals surface area contributed by atoms with Crippen LogP contribution in [0.4, 0.5) is 5.82 Å². The summed E-state index contributed by atoms with van der Waals surface area (Å²) in [7, 11) is 0. The molecular formula is C13H19N5OS. The van der Waals surface area contributed by atoms with Gasteiger partial charge in [-0.15, -0.1) is 5.10 Å². The highest BCUT2D eigenvalue weighted by atomic mass is 32.1. The maximum Gasteiger partial charge on any atom is 0.239 e. The molecule has 0 aliphatic carbocycles. The van der Waals surface area contributed by atoms with Gasteiger partial charge >= 0.3 is 0 Å². The first kappa shape index (κ1) is 14.6. The van der Waals surface area contributed by atoms with E-state index in [1.54, 1.807) is 0 Å². The van der Waals surface area contributed by atoms with Crippen LogP contribution in [0.5, 0.6) is 0 Å². The number of carbonyl (C=O) groups is 1. The molecule has 0 bridgehead atoms. The van der Waals surface area contributed by atoms with Gasteiger partial charge in [0.15, 0.2) is 5.82 Å². The number of nitrogens with zero attached hydrogens (tertiary/aromatic N) is 3. The monoisotopic (exact) mass is 293 g/mol. The molecule has 2 heterocycles. The van der Waals surface area contributed by atoms with Crippen molar-refractivity contribution in [3.05, 3.63) is 16.8 Å². The summed E-state index contributed by atoms with van der Waals surface area (Å²) in [6.45, 7) is 5.61. The summed E-state index contributed by atoms with van der Waals surface area (Å²) in [5, 5.41) is 11.3. The van der Waals surface area contributed by atoms with Crippen LogP contribution in [0, 0.1) is 0 Å². The van der Waals surface area contributed by atoms with Crippen molar-refractivity contribution in [1.29, 1.82) is 0 Å². The molecule has 6 nitrogen and oxygen atoms in total. The predicted molar refractivity (Wildman–Crippen MR) is 81.9 cm³/mol. The Bertz CT molecular complexity index is 546.